The van der Waals surface area contributed by atoms with Gasteiger partial charge in [0, 0.05) is 33.1 Å². The summed E-state index contributed by atoms with van der Waals surface area (Å²) in [5, 5.41) is 2.74. The number of ether oxygens (including phenoxy) is 1. The molecule has 0 aromatic rings. The fraction of sp³-hybridized carbons (Fsp3) is 0.824. The van der Waals surface area contributed by atoms with E-state index in [1.807, 2.05) is 18.7 Å². The first kappa shape index (κ1) is 18.7. The van der Waals surface area contributed by atoms with Gasteiger partial charge in [-0.05, 0) is 18.8 Å². The minimum atomic E-state index is -0.528. The summed E-state index contributed by atoms with van der Waals surface area (Å²) in [5.41, 5.74) is 0. The van der Waals surface area contributed by atoms with E-state index >= 15 is 0 Å². The van der Waals surface area contributed by atoms with Crippen molar-refractivity contribution >= 4 is 17.7 Å². The number of amides is 3. The Morgan fingerprint density at radius 3 is 2.33 bits per heavy atom. The zero-order valence-corrected chi connectivity index (χ0v) is 14.9. The maximum absolute atomic E-state index is 12.8. The molecule has 136 valence electrons. The molecule has 0 aromatic heterocycles. The molecular weight excluding hydrogens is 310 g/mol. The summed E-state index contributed by atoms with van der Waals surface area (Å²) in [6, 6.07) is -0.528. The Labute approximate surface area is 143 Å². The average molecular weight is 339 g/mol. The lowest BCUT2D eigenvalue weighted by Gasteiger charge is -2.38. The van der Waals surface area contributed by atoms with E-state index < -0.39 is 6.04 Å². The van der Waals surface area contributed by atoms with Gasteiger partial charge in [-0.1, -0.05) is 13.8 Å². The number of nitrogens with zero attached hydrogens (tertiary/aromatic N) is 2. The number of likely N-dealkylation sites (tertiary alicyclic amines) is 1. The van der Waals surface area contributed by atoms with E-state index in [0.29, 0.717) is 39.4 Å². The highest BCUT2D eigenvalue weighted by Gasteiger charge is 2.35. The third-order valence-corrected chi connectivity index (χ3v) is 4.70. The molecule has 7 heteroatoms. The minimum absolute atomic E-state index is 0.0109. The molecule has 0 aliphatic carbocycles. The molecule has 0 unspecified atom stereocenters. The van der Waals surface area contributed by atoms with Crippen LogP contribution in [0.1, 0.15) is 33.6 Å². The molecule has 2 heterocycles. The van der Waals surface area contributed by atoms with E-state index in [4.69, 9.17) is 4.74 Å². The van der Waals surface area contributed by atoms with Crippen LogP contribution in [0.5, 0.6) is 0 Å². The SMILES string of the molecule is CC(=O)N[C@H](C(=O)N1CCC[C@H](C(=O)N2CCOCC2)C1)C(C)C. The molecule has 0 aromatic carbocycles. The maximum atomic E-state index is 12.8. The number of morpholine rings is 1. The fourth-order valence-corrected chi connectivity index (χ4v) is 3.35. The summed E-state index contributed by atoms with van der Waals surface area (Å²) in [4.78, 5) is 40.4. The first-order valence-electron chi connectivity index (χ1n) is 8.82. The van der Waals surface area contributed by atoms with Crippen molar-refractivity contribution in [1.82, 2.24) is 15.1 Å². The molecule has 2 aliphatic rings. The number of rotatable bonds is 4. The molecule has 2 saturated heterocycles. The van der Waals surface area contributed by atoms with Crippen LogP contribution in [0, 0.1) is 11.8 Å². The van der Waals surface area contributed by atoms with Crippen LogP contribution in [-0.2, 0) is 19.1 Å². The van der Waals surface area contributed by atoms with Crippen molar-refractivity contribution in [3.63, 3.8) is 0 Å². The van der Waals surface area contributed by atoms with Gasteiger partial charge in [0.25, 0.3) is 0 Å². The number of hydrogen-bond donors (Lipinski definition) is 1. The smallest absolute Gasteiger partial charge is 0.245 e. The lowest BCUT2D eigenvalue weighted by Crippen LogP contribution is -2.55. The van der Waals surface area contributed by atoms with Gasteiger partial charge < -0.3 is 19.9 Å². The molecule has 0 saturated carbocycles. The Morgan fingerprint density at radius 2 is 1.75 bits per heavy atom. The van der Waals surface area contributed by atoms with Gasteiger partial charge in [-0.2, -0.15) is 0 Å². The lowest BCUT2D eigenvalue weighted by atomic mass is 9.94. The second-order valence-corrected chi connectivity index (χ2v) is 6.98. The van der Waals surface area contributed by atoms with Crippen LogP contribution in [0.25, 0.3) is 0 Å². The highest BCUT2D eigenvalue weighted by Crippen LogP contribution is 2.21. The Balaban J connectivity index is 1.99. The molecule has 2 fully saturated rings. The Hall–Kier alpha value is -1.63. The Bertz CT molecular complexity index is 474. The van der Waals surface area contributed by atoms with Gasteiger partial charge in [-0.25, -0.2) is 0 Å². The molecule has 0 spiro atoms. The first-order valence-corrected chi connectivity index (χ1v) is 8.82. The Morgan fingerprint density at radius 1 is 1.08 bits per heavy atom. The predicted octanol–water partition coefficient (Wildman–Crippen LogP) is 0.245. The molecule has 0 bridgehead atoms. The average Bonchev–Trinajstić information content (AvgIpc) is 2.59. The highest BCUT2D eigenvalue weighted by atomic mass is 16.5. The van der Waals surface area contributed by atoms with E-state index in [1.54, 1.807) is 4.90 Å². The third-order valence-electron chi connectivity index (χ3n) is 4.70. The molecule has 2 rings (SSSR count). The standard InChI is InChI=1S/C17H29N3O4/c1-12(2)15(18-13(3)21)17(23)20-6-4-5-14(11-20)16(22)19-7-9-24-10-8-19/h12,14-15H,4-11H2,1-3H3,(H,18,21)/t14-,15-/m0/s1. The van der Waals surface area contributed by atoms with Gasteiger partial charge in [0.1, 0.15) is 6.04 Å². The second kappa shape index (κ2) is 8.46. The third kappa shape index (κ3) is 4.69. The monoisotopic (exact) mass is 339 g/mol. The summed E-state index contributed by atoms with van der Waals surface area (Å²) in [6.45, 7) is 8.76. The Kier molecular flexibility index (Phi) is 6.60. The zero-order valence-electron chi connectivity index (χ0n) is 14.9. The van der Waals surface area contributed by atoms with Gasteiger partial charge in [-0.3, -0.25) is 14.4 Å². The number of nitrogens with one attached hydrogen (secondary N) is 1. The largest absolute Gasteiger partial charge is 0.378 e. The van der Waals surface area contributed by atoms with Gasteiger partial charge in [0.2, 0.25) is 17.7 Å². The quantitative estimate of drug-likeness (QED) is 0.796. The summed E-state index contributed by atoms with van der Waals surface area (Å²) >= 11 is 0. The van der Waals surface area contributed by atoms with Crippen LogP contribution in [0.3, 0.4) is 0 Å². The minimum Gasteiger partial charge on any atom is -0.378 e. The van der Waals surface area contributed by atoms with Crippen LogP contribution in [0.2, 0.25) is 0 Å². The topological polar surface area (TPSA) is 79.0 Å². The molecular formula is C17H29N3O4. The molecule has 3 amide bonds. The van der Waals surface area contributed by atoms with Gasteiger partial charge in [0.05, 0.1) is 19.1 Å². The van der Waals surface area contributed by atoms with Crippen molar-refractivity contribution in [3.8, 4) is 0 Å². The van der Waals surface area contributed by atoms with E-state index in [2.05, 4.69) is 5.32 Å². The van der Waals surface area contributed by atoms with Gasteiger partial charge >= 0.3 is 0 Å². The number of hydrogen-bond acceptors (Lipinski definition) is 4. The lowest BCUT2D eigenvalue weighted by molar-refractivity contribution is -0.145. The van der Waals surface area contributed by atoms with Crippen LogP contribution in [0.15, 0.2) is 0 Å². The van der Waals surface area contributed by atoms with Crippen molar-refractivity contribution < 1.29 is 19.1 Å². The second-order valence-electron chi connectivity index (χ2n) is 6.98. The first-order chi connectivity index (χ1) is 11.4. The summed E-state index contributed by atoms with van der Waals surface area (Å²) in [5.74, 6) is -0.307. The zero-order chi connectivity index (χ0) is 17.7. The van der Waals surface area contributed by atoms with Gasteiger partial charge in [-0.15, -0.1) is 0 Å². The van der Waals surface area contributed by atoms with Crippen LogP contribution < -0.4 is 5.32 Å². The van der Waals surface area contributed by atoms with E-state index in [0.717, 1.165) is 12.8 Å². The van der Waals surface area contributed by atoms with Crippen molar-refractivity contribution in [3.05, 3.63) is 0 Å². The maximum Gasteiger partial charge on any atom is 0.245 e. The highest BCUT2D eigenvalue weighted by molar-refractivity contribution is 5.88. The molecule has 2 atom stereocenters. The molecule has 2 aliphatic heterocycles. The molecule has 24 heavy (non-hydrogen) atoms. The summed E-state index contributed by atoms with van der Waals surface area (Å²) in [6.07, 6.45) is 1.63. The molecule has 0 radical (unpaired) electrons. The predicted molar refractivity (Wildman–Crippen MR) is 89.1 cm³/mol. The van der Waals surface area contributed by atoms with Crippen molar-refractivity contribution in [2.45, 2.75) is 39.7 Å². The van der Waals surface area contributed by atoms with E-state index in [9.17, 15) is 14.4 Å². The number of piperidine rings is 1. The molecule has 7 nitrogen and oxygen atoms in total. The summed E-state index contributed by atoms with van der Waals surface area (Å²) < 4.78 is 5.29. The number of carbonyl (C=O) groups is 3. The van der Waals surface area contributed by atoms with Crippen molar-refractivity contribution in [2.75, 3.05) is 39.4 Å². The van der Waals surface area contributed by atoms with Gasteiger partial charge in [0.15, 0.2) is 0 Å². The normalized spacial score (nSPS) is 23.1. The fourth-order valence-electron chi connectivity index (χ4n) is 3.35. The number of carbonyl (C=O) groups excluding carboxylic acids is 3. The van der Waals surface area contributed by atoms with Crippen molar-refractivity contribution in [2.24, 2.45) is 11.8 Å². The van der Waals surface area contributed by atoms with Crippen LogP contribution in [-0.4, -0.2) is 73.0 Å². The summed E-state index contributed by atoms with van der Waals surface area (Å²) in [7, 11) is 0. The van der Waals surface area contributed by atoms with Crippen LogP contribution in [0.4, 0.5) is 0 Å². The van der Waals surface area contributed by atoms with E-state index in [1.165, 1.54) is 6.92 Å². The molecule has 1 N–H and O–H groups in total. The van der Waals surface area contributed by atoms with Crippen LogP contribution >= 0.6 is 0 Å². The van der Waals surface area contributed by atoms with E-state index in [-0.39, 0.29) is 29.6 Å². The van der Waals surface area contributed by atoms with Crippen molar-refractivity contribution in [1.29, 1.82) is 0 Å².